The Bertz CT molecular complexity index is 591. The zero-order valence-corrected chi connectivity index (χ0v) is 10.4. The second-order valence-electron chi connectivity index (χ2n) is 4.19. The normalized spacial score (nSPS) is 10.2. The van der Waals surface area contributed by atoms with E-state index in [-0.39, 0.29) is 29.5 Å². The molecule has 0 radical (unpaired) electrons. The zero-order chi connectivity index (χ0) is 13.8. The summed E-state index contributed by atoms with van der Waals surface area (Å²) in [5, 5.41) is 21.3. The molecular weight excluding hydrogens is 244 g/mol. The first-order valence-electron chi connectivity index (χ1n) is 5.78. The van der Waals surface area contributed by atoms with Crippen LogP contribution in [0.15, 0.2) is 36.4 Å². The number of phenols is 2. The number of aryl methyl sites for hydroxylation is 1. The number of benzene rings is 1. The second kappa shape index (κ2) is 5.39. The predicted molar refractivity (Wildman–Crippen MR) is 69.9 cm³/mol. The van der Waals surface area contributed by atoms with Gasteiger partial charge < -0.3 is 15.5 Å². The highest BCUT2D eigenvalue weighted by Gasteiger charge is 2.08. The Morgan fingerprint density at radius 2 is 1.89 bits per heavy atom. The number of rotatable bonds is 3. The Kier molecular flexibility index (Phi) is 3.66. The first-order chi connectivity index (χ1) is 9.04. The summed E-state index contributed by atoms with van der Waals surface area (Å²) in [6.07, 6.45) is 0. The zero-order valence-electron chi connectivity index (χ0n) is 10.4. The van der Waals surface area contributed by atoms with Gasteiger partial charge in [0.2, 0.25) is 0 Å². The third-order valence-corrected chi connectivity index (χ3v) is 2.54. The van der Waals surface area contributed by atoms with Crippen molar-refractivity contribution in [2.24, 2.45) is 0 Å². The molecule has 1 heterocycles. The van der Waals surface area contributed by atoms with Crippen molar-refractivity contribution in [3.05, 3.63) is 53.3 Å². The van der Waals surface area contributed by atoms with Crippen LogP contribution in [-0.2, 0) is 6.54 Å². The molecule has 5 nitrogen and oxygen atoms in total. The highest BCUT2D eigenvalue weighted by molar-refractivity contribution is 5.94. The standard InChI is InChI=1S/C14H14N2O3/c1-9-3-2-4-11(16-9)8-15-14(19)10-5-12(17)7-13(18)6-10/h2-7,17-18H,8H2,1H3,(H,15,19). The van der Waals surface area contributed by atoms with Crippen molar-refractivity contribution in [3.8, 4) is 11.5 Å². The first kappa shape index (κ1) is 12.9. The smallest absolute Gasteiger partial charge is 0.251 e. The van der Waals surface area contributed by atoms with Crippen LogP contribution in [0, 0.1) is 6.92 Å². The van der Waals surface area contributed by atoms with Crippen LogP contribution in [0.2, 0.25) is 0 Å². The van der Waals surface area contributed by atoms with E-state index in [1.165, 1.54) is 18.2 Å². The number of aromatic hydroxyl groups is 2. The lowest BCUT2D eigenvalue weighted by atomic mass is 10.2. The van der Waals surface area contributed by atoms with E-state index in [4.69, 9.17) is 0 Å². The molecule has 98 valence electrons. The SMILES string of the molecule is Cc1cccc(CNC(=O)c2cc(O)cc(O)c2)n1. The van der Waals surface area contributed by atoms with Crippen molar-refractivity contribution >= 4 is 5.91 Å². The lowest BCUT2D eigenvalue weighted by Crippen LogP contribution is -2.23. The minimum absolute atomic E-state index is 0.154. The Morgan fingerprint density at radius 3 is 2.53 bits per heavy atom. The van der Waals surface area contributed by atoms with Gasteiger partial charge in [0.25, 0.3) is 5.91 Å². The molecule has 2 aromatic rings. The molecule has 5 heteroatoms. The summed E-state index contributed by atoms with van der Waals surface area (Å²) in [6.45, 7) is 2.16. The van der Waals surface area contributed by atoms with Crippen LogP contribution < -0.4 is 5.32 Å². The highest BCUT2D eigenvalue weighted by atomic mass is 16.3. The fourth-order valence-corrected chi connectivity index (χ4v) is 1.70. The average molecular weight is 258 g/mol. The van der Waals surface area contributed by atoms with Crippen LogP contribution in [0.4, 0.5) is 0 Å². The molecule has 0 bridgehead atoms. The molecule has 0 saturated heterocycles. The van der Waals surface area contributed by atoms with Gasteiger partial charge in [-0.25, -0.2) is 0 Å². The minimum atomic E-state index is -0.380. The Hall–Kier alpha value is -2.56. The number of nitrogens with zero attached hydrogens (tertiary/aromatic N) is 1. The van der Waals surface area contributed by atoms with E-state index >= 15 is 0 Å². The molecule has 2 rings (SSSR count). The molecule has 19 heavy (non-hydrogen) atoms. The van der Waals surface area contributed by atoms with Gasteiger partial charge in [0.05, 0.1) is 12.2 Å². The molecule has 0 unspecified atom stereocenters. The minimum Gasteiger partial charge on any atom is -0.508 e. The second-order valence-corrected chi connectivity index (χ2v) is 4.19. The van der Waals surface area contributed by atoms with Gasteiger partial charge in [-0.15, -0.1) is 0 Å². The monoisotopic (exact) mass is 258 g/mol. The molecule has 3 N–H and O–H groups in total. The number of hydrogen-bond acceptors (Lipinski definition) is 4. The lowest BCUT2D eigenvalue weighted by molar-refractivity contribution is 0.0949. The van der Waals surface area contributed by atoms with Crippen LogP contribution in [0.25, 0.3) is 0 Å². The molecule has 1 aromatic heterocycles. The summed E-state index contributed by atoms with van der Waals surface area (Å²) >= 11 is 0. The summed E-state index contributed by atoms with van der Waals surface area (Å²) < 4.78 is 0. The summed E-state index contributed by atoms with van der Waals surface area (Å²) in [5.41, 5.74) is 1.82. The molecule has 0 saturated carbocycles. The van der Waals surface area contributed by atoms with Crippen molar-refractivity contribution in [2.45, 2.75) is 13.5 Å². The molecule has 1 amide bonds. The van der Waals surface area contributed by atoms with E-state index in [0.29, 0.717) is 0 Å². The molecule has 0 atom stereocenters. The number of aromatic nitrogens is 1. The van der Waals surface area contributed by atoms with E-state index in [2.05, 4.69) is 10.3 Å². The number of carbonyl (C=O) groups is 1. The predicted octanol–water partition coefficient (Wildman–Crippen LogP) is 1.73. The van der Waals surface area contributed by atoms with Crippen molar-refractivity contribution in [1.82, 2.24) is 10.3 Å². The number of carbonyl (C=O) groups excluding carboxylic acids is 1. The third-order valence-electron chi connectivity index (χ3n) is 2.54. The number of hydrogen-bond donors (Lipinski definition) is 3. The fraction of sp³-hybridized carbons (Fsp3) is 0.143. The van der Waals surface area contributed by atoms with Crippen LogP contribution >= 0.6 is 0 Å². The van der Waals surface area contributed by atoms with Crippen LogP contribution in [0.3, 0.4) is 0 Å². The Morgan fingerprint density at radius 1 is 1.21 bits per heavy atom. The van der Waals surface area contributed by atoms with E-state index in [0.717, 1.165) is 11.4 Å². The summed E-state index contributed by atoms with van der Waals surface area (Å²) in [6, 6.07) is 9.30. The lowest BCUT2D eigenvalue weighted by Gasteiger charge is -2.06. The Labute approximate surface area is 110 Å². The summed E-state index contributed by atoms with van der Waals surface area (Å²) in [4.78, 5) is 16.1. The molecule has 0 spiro atoms. The first-order valence-corrected chi connectivity index (χ1v) is 5.78. The van der Waals surface area contributed by atoms with E-state index in [9.17, 15) is 15.0 Å². The van der Waals surface area contributed by atoms with Crippen molar-refractivity contribution in [3.63, 3.8) is 0 Å². The van der Waals surface area contributed by atoms with Gasteiger partial charge in [-0.2, -0.15) is 0 Å². The van der Waals surface area contributed by atoms with Gasteiger partial charge >= 0.3 is 0 Å². The number of pyridine rings is 1. The van der Waals surface area contributed by atoms with Crippen LogP contribution in [0.1, 0.15) is 21.7 Å². The topological polar surface area (TPSA) is 82.5 Å². The van der Waals surface area contributed by atoms with Crippen molar-refractivity contribution in [2.75, 3.05) is 0 Å². The van der Waals surface area contributed by atoms with Gasteiger partial charge in [-0.05, 0) is 31.2 Å². The van der Waals surface area contributed by atoms with E-state index < -0.39 is 0 Å². The maximum Gasteiger partial charge on any atom is 0.251 e. The fourth-order valence-electron chi connectivity index (χ4n) is 1.70. The molecule has 0 aliphatic heterocycles. The molecule has 1 aromatic carbocycles. The van der Waals surface area contributed by atoms with Gasteiger partial charge in [0.15, 0.2) is 0 Å². The van der Waals surface area contributed by atoms with Gasteiger partial charge in [-0.3, -0.25) is 9.78 Å². The summed E-state index contributed by atoms with van der Waals surface area (Å²) in [5.74, 6) is -0.688. The maximum atomic E-state index is 11.8. The van der Waals surface area contributed by atoms with Gasteiger partial charge in [0.1, 0.15) is 11.5 Å². The molecule has 0 fully saturated rings. The number of amides is 1. The van der Waals surface area contributed by atoms with Crippen molar-refractivity contribution < 1.29 is 15.0 Å². The Balaban J connectivity index is 2.05. The molecule has 0 aliphatic rings. The summed E-state index contributed by atoms with van der Waals surface area (Å²) in [7, 11) is 0. The van der Waals surface area contributed by atoms with Crippen LogP contribution in [-0.4, -0.2) is 21.1 Å². The maximum absolute atomic E-state index is 11.8. The van der Waals surface area contributed by atoms with Crippen molar-refractivity contribution in [1.29, 1.82) is 0 Å². The third kappa shape index (κ3) is 3.45. The van der Waals surface area contributed by atoms with Gasteiger partial charge in [-0.1, -0.05) is 6.07 Å². The van der Waals surface area contributed by atoms with E-state index in [1.54, 1.807) is 0 Å². The quantitative estimate of drug-likeness (QED) is 0.783. The van der Waals surface area contributed by atoms with Gasteiger partial charge in [0, 0.05) is 17.3 Å². The highest BCUT2D eigenvalue weighted by Crippen LogP contribution is 2.20. The average Bonchev–Trinajstić information content (AvgIpc) is 2.35. The molecule has 0 aliphatic carbocycles. The van der Waals surface area contributed by atoms with E-state index in [1.807, 2.05) is 25.1 Å². The number of phenolic OH excluding ortho intramolecular Hbond substituents is 2. The largest absolute Gasteiger partial charge is 0.508 e. The van der Waals surface area contributed by atoms with Crippen LogP contribution in [0.5, 0.6) is 11.5 Å². The molecular formula is C14H14N2O3. The number of nitrogens with one attached hydrogen (secondary N) is 1.